The summed E-state index contributed by atoms with van der Waals surface area (Å²) in [6, 6.07) is 6.74. The van der Waals surface area contributed by atoms with E-state index in [1.54, 1.807) is 12.7 Å². The molecule has 4 aliphatic rings. The van der Waals surface area contributed by atoms with E-state index in [1.165, 1.54) is 44.1 Å². The normalized spacial score (nSPS) is 42.2. The standard InChI is InChI=1S/C23H30O2/c1-22-12-10-19-18-8-7-17(25-2)13-15(18)6-9-20(19)23(22)11-4-3-5-16(23)14-21(22)24/h7-8,13,16,19-20H,3-6,9-12,14H2,1-2H3/t16-,19+,20+,22+,23+/m0/s1. The van der Waals surface area contributed by atoms with Crippen molar-refractivity contribution in [2.75, 3.05) is 7.11 Å². The van der Waals surface area contributed by atoms with Gasteiger partial charge < -0.3 is 4.74 Å². The molecule has 0 aliphatic heterocycles. The van der Waals surface area contributed by atoms with Crippen molar-refractivity contribution >= 4 is 5.78 Å². The summed E-state index contributed by atoms with van der Waals surface area (Å²) in [6.07, 6.45) is 10.9. The number of carbonyl (C=O) groups excluding carboxylic acids is 1. The predicted octanol–water partition coefficient (Wildman–Crippen LogP) is 5.29. The van der Waals surface area contributed by atoms with Gasteiger partial charge in [-0.2, -0.15) is 0 Å². The fraction of sp³-hybridized carbons (Fsp3) is 0.696. The number of ether oxygens (including phenoxy) is 1. The molecule has 1 aromatic rings. The lowest BCUT2D eigenvalue weighted by Gasteiger charge is -2.60. The maximum Gasteiger partial charge on any atom is 0.139 e. The van der Waals surface area contributed by atoms with Gasteiger partial charge in [0.15, 0.2) is 0 Å². The maximum absolute atomic E-state index is 13.1. The maximum atomic E-state index is 13.1. The van der Waals surface area contributed by atoms with Gasteiger partial charge in [-0.25, -0.2) is 0 Å². The fourth-order valence-electron chi connectivity index (χ4n) is 7.69. The van der Waals surface area contributed by atoms with Crippen molar-refractivity contribution in [2.24, 2.45) is 22.7 Å². The molecule has 0 saturated heterocycles. The molecule has 3 saturated carbocycles. The van der Waals surface area contributed by atoms with Gasteiger partial charge in [-0.15, -0.1) is 0 Å². The third kappa shape index (κ3) is 1.89. The van der Waals surface area contributed by atoms with Gasteiger partial charge >= 0.3 is 0 Å². The van der Waals surface area contributed by atoms with E-state index < -0.39 is 0 Å². The number of carbonyl (C=O) groups is 1. The van der Waals surface area contributed by atoms with Crippen LogP contribution < -0.4 is 4.74 Å². The van der Waals surface area contributed by atoms with E-state index in [0.717, 1.165) is 25.0 Å². The summed E-state index contributed by atoms with van der Waals surface area (Å²) in [6.45, 7) is 2.35. The predicted molar refractivity (Wildman–Crippen MR) is 98.9 cm³/mol. The van der Waals surface area contributed by atoms with Crippen LogP contribution in [0.1, 0.15) is 75.3 Å². The van der Waals surface area contributed by atoms with E-state index in [2.05, 4.69) is 25.1 Å². The summed E-state index contributed by atoms with van der Waals surface area (Å²) in [5, 5.41) is 0. The highest BCUT2D eigenvalue weighted by molar-refractivity contribution is 5.88. The SMILES string of the molecule is COc1ccc2c(c1)CC[C@@H]1[C@@H]2CC[C@]2(C)C(=O)C[C@@H]3CCCC[C@@]312. The molecular weight excluding hydrogens is 308 g/mol. The number of benzene rings is 1. The molecule has 0 bridgehead atoms. The van der Waals surface area contributed by atoms with Gasteiger partial charge in [-0.3, -0.25) is 4.79 Å². The van der Waals surface area contributed by atoms with Crippen LogP contribution >= 0.6 is 0 Å². The summed E-state index contributed by atoms with van der Waals surface area (Å²) in [4.78, 5) is 13.1. The van der Waals surface area contributed by atoms with Crippen molar-refractivity contribution in [3.63, 3.8) is 0 Å². The van der Waals surface area contributed by atoms with Gasteiger partial charge in [0.1, 0.15) is 11.5 Å². The zero-order chi connectivity index (χ0) is 17.2. The average Bonchev–Trinajstić information content (AvgIpc) is 2.88. The molecule has 5 rings (SSSR count). The quantitative estimate of drug-likeness (QED) is 0.695. The van der Waals surface area contributed by atoms with E-state index in [-0.39, 0.29) is 5.41 Å². The van der Waals surface area contributed by atoms with Crippen LogP contribution in [0.15, 0.2) is 18.2 Å². The number of fused-ring (bicyclic) bond motifs is 3. The number of hydrogen-bond acceptors (Lipinski definition) is 2. The zero-order valence-corrected chi connectivity index (χ0v) is 15.6. The first-order valence-corrected chi connectivity index (χ1v) is 10.3. The Morgan fingerprint density at radius 3 is 2.84 bits per heavy atom. The number of Topliss-reactive ketones (excluding diaryl/α,β-unsaturated/α-hetero) is 1. The first-order chi connectivity index (χ1) is 12.1. The Kier molecular flexibility index (Phi) is 3.40. The molecule has 134 valence electrons. The van der Waals surface area contributed by atoms with Gasteiger partial charge in [0.2, 0.25) is 0 Å². The van der Waals surface area contributed by atoms with E-state index in [0.29, 0.717) is 29.0 Å². The highest BCUT2D eigenvalue weighted by atomic mass is 16.5. The lowest BCUT2D eigenvalue weighted by Crippen LogP contribution is -2.55. The molecule has 2 heteroatoms. The van der Waals surface area contributed by atoms with Crippen LogP contribution in [0.5, 0.6) is 5.75 Å². The van der Waals surface area contributed by atoms with Gasteiger partial charge in [-0.1, -0.05) is 25.8 Å². The number of hydrogen-bond donors (Lipinski definition) is 0. The average molecular weight is 338 g/mol. The first-order valence-electron chi connectivity index (χ1n) is 10.3. The number of ketones is 1. The third-order valence-corrected chi connectivity index (χ3v) is 8.77. The summed E-state index contributed by atoms with van der Waals surface area (Å²) in [7, 11) is 1.76. The van der Waals surface area contributed by atoms with E-state index >= 15 is 0 Å². The highest BCUT2D eigenvalue weighted by Gasteiger charge is 2.68. The van der Waals surface area contributed by atoms with E-state index in [9.17, 15) is 4.79 Å². The van der Waals surface area contributed by atoms with Crippen molar-refractivity contribution < 1.29 is 9.53 Å². The van der Waals surface area contributed by atoms with Gasteiger partial charge in [-0.05, 0) is 85.0 Å². The Bertz CT molecular complexity index is 723. The van der Waals surface area contributed by atoms with Crippen LogP contribution in [0.25, 0.3) is 0 Å². The summed E-state index contributed by atoms with van der Waals surface area (Å²) >= 11 is 0. The molecule has 0 aromatic heterocycles. The Morgan fingerprint density at radius 2 is 2.00 bits per heavy atom. The second-order valence-electron chi connectivity index (χ2n) is 9.30. The van der Waals surface area contributed by atoms with Crippen LogP contribution in [-0.2, 0) is 11.2 Å². The Labute approximate surface area is 151 Å². The van der Waals surface area contributed by atoms with Gasteiger partial charge in [0.05, 0.1) is 7.11 Å². The molecule has 0 heterocycles. The Hall–Kier alpha value is -1.31. The molecule has 0 unspecified atom stereocenters. The molecule has 3 fully saturated rings. The monoisotopic (exact) mass is 338 g/mol. The Morgan fingerprint density at radius 1 is 1.12 bits per heavy atom. The highest BCUT2D eigenvalue weighted by Crippen LogP contribution is 2.72. The second-order valence-corrected chi connectivity index (χ2v) is 9.30. The second kappa shape index (κ2) is 5.34. The molecular formula is C23H30O2. The molecule has 25 heavy (non-hydrogen) atoms. The van der Waals surface area contributed by atoms with Crippen LogP contribution in [-0.4, -0.2) is 12.9 Å². The zero-order valence-electron chi connectivity index (χ0n) is 15.6. The van der Waals surface area contributed by atoms with Gasteiger partial charge in [0, 0.05) is 11.8 Å². The molecule has 1 spiro atoms. The number of methoxy groups -OCH3 is 1. The first kappa shape index (κ1) is 15.9. The van der Waals surface area contributed by atoms with Crippen molar-refractivity contribution in [2.45, 2.75) is 70.6 Å². The minimum Gasteiger partial charge on any atom is -0.497 e. The van der Waals surface area contributed by atoms with E-state index in [4.69, 9.17) is 4.74 Å². The lowest BCUT2D eigenvalue weighted by atomic mass is 9.43. The molecule has 1 aromatic carbocycles. The molecule has 0 amide bonds. The van der Waals surface area contributed by atoms with Crippen molar-refractivity contribution in [1.29, 1.82) is 0 Å². The van der Waals surface area contributed by atoms with Crippen LogP contribution in [0, 0.1) is 22.7 Å². The molecule has 2 nitrogen and oxygen atoms in total. The Balaban J connectivity index is 1.61. The molecule has 5 atom stereocenters. The van der Waals surface area contributed by atoms with Crippen LogP contribution in [0.2, 0.25) is 0 Å². The molecule has 0 N–H and O–H groups in total. The number of rotatable bonds is 1. The van der Waals surface area contributed by atoms with Gasteiger partial charge in [0.25, 0.3) is 0 Å². The summed E-state index contributed by atoms with van der Waals surface area (Å²) < 4.78 is 5.46. The van der Waals surface area contributed by atoms with Crippen LogP contribution in [0.3, 0.4) is 0 Å². The third-order valence-electron chi connectivity index (χ3n) is 8.77. The smallest absolute Gasteiger partial charge is 0.139 e. The summed E-state index contributed by atoms with van der Waals surface area (Å²) in [5.74, 6) is 3.62. The van der Waals surface area contributed by atoms with Crippen LogP contribution in [0.4, 0.5) is 0 Å². The minimum atomic E-state index is -0.0385. The van der Waals surface area contributed by atoms with Crippen molar-refractivity contribution in [1.82, 2.24) is 0 Å². The minimum absolute atomic E-state index is 0.0385. The topological polar surface area (TPSA) is 26.3 Å². The lowest BCUT2D eigenvalue weighted by molar-refractivity contribution is -0.142. The summed E-state index contributed by atoms with van der Waals surface area (Å²) in [5.41, 5.74) is 3.32. The fourth-order valence-corrected chi connectivity index (χ4v) is 7.69. The molecule has 4 aliphatic carbocycles. The van der Waals surface area contributed by atoms with E-state index in [1.807, 2.05) is 0 Å². The van der Waals surface area contributed by atoms with Crippen molar-refractivity contribution in [3.05, 3.63) is 29.3 Å². The largest absolute Gasteiger partial charge is 0.497 e. The van der Waals surface area contributed by atoms with Crippen molar-refractivity contribution in [3.8, 4) is 5.75 Å². The number of aryl methyl sites for hydroxylation is 1. The molecule has 0 radical (unpaired) electrons.